The van der Waals surface area contributed by atoms with Crippen LogP contribution < -0.4 is 14.8 Å². The molecule has 0 bridgehead atoms. The highest BCUT2D eigenvalue weighted by atomic mass is 32.2. The van der Waals surface area contributed by atoms with Gasteiger partial charge in [-0.15, -0.1) is 11.8 Å². The molecule has 1 heterocycles. The van der Waals surface area contributed by atoms with E-state index in [9.17, 15) is 0 Å². The topological polar surface area (TPSA) is 30.5 Å². The molecule has 0 saturated carbocycles. The van der Waals surface area contributed by atoms with Crippen molar-refractivity contribution < 1.29 is 9.47 Å². The SMILES string of the molecule is COc1ccc(SCC2CNC2)cc1OC. The Bertz CT molecular complexity index is 353. The molecule has 1 saturated heterocycles. The van der Waals surface area contributed by atoms with Gasteiger partial charge in [-0.1, -0.05) is 0 Å². The molecule has 0 amide bonds. The van der Waals surface area contributed by atoms with Crippen LogP contribution in [-0.4, -0.2) is 33.1 Å². The Morgan fingerprint density at radius 3 is 2.56 bits per heavy atom. The molecule has 0 aliphatic carbocycles. The Hall–Kier alpha value is -0.870. The van der Waals surface area contributed by atoms with Crippen LogP contribution in [0.5, 0.6) is 11.5 Å². The monoisotopic (exact) mass is 239 g/mol. The van der Waals surface area contributed by atoms with Crippen molar-refractivity contribution in [2.24, 2.45) is 5.92 Å². The Morgan fingerprint density at radius 2 is 2.00 bits per heavy atom. The number of thioether (sulfide) groups is 1. The fourth-order valence-corrected chi connectivity index (χ4v) is 2.61. The van der Waals surface area contributed by atoms with Crippen molar-refractivity contribution in [2.45, 2.75) is 4.90 Å². The fraction of sp³-hybridized carbons (Fsp3) is 0.500. The van der Waals surface area contributed by atoms with Gasteiger partial charge >= 0.3 is 0 Å². The zero-order valence-corrected chi connectivity index (χ0v) is 10.5. The Labute approximate surface area is 101 Å². The number of hydrogen-bond acceptors (Lipinski definition) is 4. The standard InChI is InChI=1S/C12H17NO2S/c1-14-11-4-3-10(5-12(11)15-2)16-8-9-6-13-7-9/h3-5,9,13H,6-8H2,1-2H3. The largest absolute Gasteiger partial charge is 0.493 e. The van der Waals surface area contributed by atoms with E-state index in [4.69, 9.17) is 9.47 Å². The van der Waals surface area contributed by atoms with E-state index in [2.05, 4.69) is 11.4 Å². The lowest BCUT2D eigenvalue weighted by Crippen LogP contribution is -2.43. The molecular weight excluding hydrogens is 222 g/mol. The van der Waals surface area contributed by atoms with Crippen molar-refractivity contribution in [2.75, 3.05) is 33.1 Å². The zero-order valence-electron chi connectivity index (χ0n) is 9.66. The lowest BCUT2D eigenvalue weighted by Gasteiger charge is -2.26. The second-order valence-corrected chi connectivity index (χ2v) is 4.95. The average Bonchev–Trinajstić information content (AvgIpc) is 2.26. The molecule has 0 atom stereocenters. The maximum absolute atomic E-state index is 5.27. The maximum Gasteiger partial charge on any atom is 0.161 e. The smallest absolute Gasteiger partial charge is 0.161 e. The molecule has 1 aromatic carbocycles. The summed E-state index contributed by atoms with van der Waals surface area (Å²) >= 11 is 1.88. The van der Waals surface area contributed by atoms with E-state index in [1.54, 1.807) is 14.2 Å². The summed E-state index contributed by atoms with van der Waals surface area (Å²) in [5.74, 6) is 3.58. The number of methoxy groups -OCH3 is 2. The molecular formula is C12H17NO2S. The highest BCUT2D eigenvalue weighted by Gasteiger charge is 2.16. The number of rotatable bonds is 5. The quantitative estimate of drug-likeness (QED) is 0.796. The van der Waals surface area contributed by atoms with Crippen molar-refractivity contribution in [3.63, 3.8) is 0 Å². The van der Waals surface area contributed by atoms with E-state index in [0.717, 1.165) is 30.5 Å². The van der Waals surface area contributed by atoms with Gasteiger partial charge in [-0.25, -0.2) is 0 Å². The third-order valence-electron chi connectivity index (χ3n) is 2.71. The lowest BCUT2D eigenvalue weighted by molar-refractivity contribution is 0.354. The molecule has 2 rings (SSSR count). The van der Waals surface area contributed by atoms with Gasteiger partial charge in [0.2, 0.25) is 0 Å². The second-order valence-electron chi connectivity index (χ2n) is 3.85. The Morgan fingerprint density at radius 1 is 1.25 bits per heavy atom. The summed E-state index contributed by atoms with van der Waals surface area (Å²) in [6.45, 7) is 2.31. The molecule has 1 aliphatic heterocycles. The molecule has 88 valence electrons. The van der Waals surface area contributed by atoms with Crippen molar-refractivity contribution in [1.29, 1.82) is 0 Å². The van der Waals surface area contributed by atoms with Gasteiger partial charge in [0, 0.05) is 10.6 Å². The molecule has 16 heavy (non-hydrogen) atoms. The summed E-state index contributed by atoms with van der Waals surface area (Å²) in [5, 5.41) is 3.28. The Kier molecular flexibility index (Phi) is 3.96. The predicted octanol–water partition coefficient (Wildman–Crippen LogP) is 2.02. The predicted molar refractivity (Wildman–Crippen MR) is 66.6 cm³/mol. The van der Waals surface area contributed by atoms with Crippen LogP contribution in [0.2, 0.25) is 0 Å². The zero-order chi connectivity index (χ0) is 11.4. The Balaban J connectivity index is 1.97. The van der Waals surface area contributed by atoms with Gasteiger partial charge < -0.3 is 14.8 Å². The normalized spacial score (nSPS) is 15.6. The molecule has 0 aromatic heterocycles. The van der Waals surface area contributed by atoms with Crippen LogP contribution in [0.4, 0.5) is 0 Å². The van der Waals surface area contributed by atoms with Gasteiger partial charge in [0.25, 0.3) is 0 Å². The van der Waals surface area contributed by atoms with Crippen molar-refractivity contribution >= 4 is 11.8 Å². The highest BCUT2D eigenvalue weighted by Crippen LogP contribution is 2.32. The molecule has 4 heteroatoms. The van der Waals surface area contributed by atoms with Crippen LogP contribution in [-0.2, 0) is 0 Å². The van der Waals surface area contributed by atoms with Gasteiger partial charge in [0.1, 0.15) is 0 Å². The molecule has 1 fully saturated rings. The first-order valence-corrected chi connectivity index (χ1v) is 6.37. The van der Waals surface area contributed by atoms with E-state index < -0.39 is 0 Å². The van der Waals surface area contributed by atoms with Gasteiger partial charge in [-0.3, -0.25) is 0 Å². The summed E-state index contributed by atoms with van der Waals surface area (Å²) in [6.07, 6.45) is 0. The van der Waals surface area contributed by atoms with Crippen LogP contribution in [0, 0.1) is 5.92 Å². The van der Waals surface area contributed by atoms with E-state index in [0.29, 0.717) is 0 Å². The third-order valence-corrected chi connectivity index (χ3v) is 3.93. The minimum atomic E-state index is 0.789. The van der Waals surface area contributed by atoms with Crippen LogP contribution >= 0.6 is 11.8 Å². The molecule has 1 aliphatic rings. The van der Waals surface area contributed by atoms with E-state index in [-0.39, 0.29) is 0 Å². The summed E-state index contributed by atoms with van der Waals surface area (Å²) in [4.78, 5) is 1.24. The van der Waals surface area contributed by atoms with Crippen molar-refractivity contribution in [1.82, 2.24) is 5.32 Å². The summed E-state index contributed by atoms with van der Waals surface area (Å²) in [5.41, 5.74) is 0. The molecule has 1 aromatic rings. The molecule has 3 nitrogen and oxygen atoms in total. The van der Waals surface area contributed by atoms with Crippen LogP contribution in [0.3, 0.4) is 0 Å². The minimum Gasteiger partial charge on any atom is -0.493 e. The van der Waals surface area contributed by atoms with Crippen LogP contribution in [0.15, 0.2) is 23.1 Å². The number of hydrogen-bond donors (Lipinski definition) is 1. The third kappa shape index (κ3) is 2.62. The minimum absolute atomic E-state index is 0.789. The van der Waals surface area contributed by atoms with Gasteiger partial charge in [-0.2, -0.15) is 0 Å². The maximum atomic E-state index is 5.27. The van der Waals surface area contributed by atoms with Crippen molar-refractivity contribution in [3.8, 4) is 11.5 Å². The van der Waals surface area contributed by atoms with Crippen molar-refractivity contribution in [3.05, 3.63) is 18.2 Å². The molecule has 0 spiro atoms. The van der Waals surface area contributed by atoms with Gasteiger partial charge in [0.15, 0.2) is 11.5 Å². The lowest BCUT2D eigenvalue weighted by atomic mass is 10.1. The highest BCUT2D eigenvalue weighted by molar-refractivity contribution is 7.99. The van der Waals surface area contributed by atoms with E-state index >= 15 is 0 Å². The first-order valence-electron chi connectivity index (χ1n) is 5.39. The summed E-state index contributed by atoms with van der Waals surface area (Å²) in [7, 11) is 3.33. The fourth-order valence-electron chi connectivity index (χ4n) is 1.59. The number of nitrogens with one attached hydrogen (secondary N) is 1. The molecule has 0 radical (unpaired) electrons. The van der Waals surface area contributed by atoms with E-state index in [1.165, 1.54) is 10.6 Å². The first-order chi connectivity index (χ1) is 7.83. The second kappa shape index (κ2) is 5.46. The van der Waals surface area contributed by atoms with Crippen LogP contribution in [0.25, 0.3) is 0 Å². The summed E-state index contributed by atoms with van der Waals surface area (Å²) in [6, 6.07) is 6.08. The number of benzene rings is 1. The van der Waals surface area contributed by atoms with Gasteiger partial charge in [0.05, 0.1) is 14.2 Å². The molecule has 0 unspecified atom stereocenters. The first kappa shape index (κ1) is 11.6. The molecule has 1 N–H and O–H groups in total. The number of ether oxygens (including phenoxy) is 2. The van der Waals surface area contributed by atoms with Crippen LogP contribution in [0.1, 0.15) is 0 Å². The summed E-state index contributed by atoms with van der Waals surface area (Å²) < 4.78 is 10.5. The van der Waals surface area contributed by atoms with E-state index in [1.807, 2.05) is 23.9 Å². The van der Waals surface area contributed by atoms with Gasteiger partial charge in [-0.05, 0) is 37.2 Å². The average molecular weight is 239 g/mol.